The summed E-state index contributed by atoms with van der Waals surface area (Å²) >= 11 is 0. The number of benzene rings is 1. The molecule has 4 heteroatoms. The van der Waals surface area contributed by atoms with Crippen LogP contribution >= 0.6 is 0 Å². The smallest absolute Gasteiger partial charge is 0.145 e. The maximum atomic E-state index is 13.0. The molecular weight excluding hydrogens is 188 g/mol. The highest BCUT2D eigenvalue weighted by Crippen LogP contribution is 2.10. The molecule has 0 aliphatic rings. The average Bonchev–Trinajstić information content (AvgIpc) is 2.18. The Morgan fingerprint density at radius 3 is 2.93 bits per heavy atom. The van der Waals surface area contributed by atoms with Crippen LogP contribution in [-0.2, 0) is 11.4 Å². The fourth-order valence-electron chi connectivity index (χ4n) is 0.866. The standard InChI is InChI=1S/C10H10F2NO/c1-2-5-13-14-7-8-6-9(11)3-4-10(8)12/h3-4,6H,2,7H2,1H3. The van der Waals surface area contributed by atoms with Crippen molar-refractivity contribution in [3.8, 4) is 0 Å². The van der Waals surface area contributed by atoms with Crippen molar-refractivity contribution in [2.75, 3.05) is 0 Å². The summed E-state index contributed by atoms with van der Waals surface area (Å²) in [5.74, 6) is -0.994. The minimum atomic E-state index is -0.502. The molecule has 0 saturated carbocycles. The number of nitrogens with zero attached hydrogens (tertiary/aromatic N) is 1. The molecule has 0 saturated heterocycles. The van der Waals surface area contributed by atoms with Gasteiger partial charge in [-0.3, -0.25) is 0 Å². The summed E-state index contributed by atoms with van der Waals surface area (Å²) < 4.78 is 25.6. The van der Waals surface area contributed by atoms with Crippen LogP contribution in [0.3, 0.4) is 0 Å². The third kappa shape index (κ3) is 3.12. The Labute approximate surface area is 81.2 Å². The second kappa shape index (κ2) is 5.32. The molecule has 75 valence electrons. The lowest BCUT2D eigenvalue weighted by atomic mass is 10.2. The van der Waals surface area contributed by atoms with Gasteiger partial charge in [0.25, 0.3) is 0 Å². The van der Waals surface area contributed by atoms with Gasteiger partial charge in [-0.05, 0) is 24.6 Å². The van der Waals surface area contributed by atoms with Gasteiger partial charge in [-0.15, -0.1) is 0 Å². The second-order valence-corrected chi connectivity index (χ2v) is 2.61. The van der Waals surface area contributed by atoms with Gasteiger partial charge >= 0.3 is 0 Å². The molecule has 0 aliphatic heterocycles. The topological polar surface area (TPSA) is 21.6 Å². The molecular formula is C10H10F2NO. The Kier molecular flexibility index (Phi) is 4.04. The molecule has 0 unspecified atom stereocenters. The molecule has 0 fully saturated rings. The Morgan fingerprint density at radius 1 is 1.43 bits per heavy atom. The van der Waals surface area contributed by atoms with Crippen LogP contribution in [-0.4, -0.2) is 6.21 Å². The molecule has 0 bridgehead atoms. The van der Waals surface area contributed by atoms with Gasteiger partial charge in [0.05, 0.1) is 0 Å². The quantitative estimate of drug-likeness (QED) is 0.538. The van der Waals surface area contributed by atoms with E-state index in [1.807, 2.05) is 6.92 Å². The van der Waals surface area contributed by atoms with E-state index in [0.29, 0.717) is 6.42 Å². The van der Waals surface area contributed by atoms with Gasteiger partial charge in [-0.2, -0.15) is 0 Å². The predicted molar refractivity (Wildman–Crippen MR) is 48.9 cm³/mol. The third-order valence-corrected chi connectivity index (χ3v) is 1.52. The lowest BCUT2D eigenvalue weighted by Gasteiger charge is -2.01. The van der Waals surface area contributed by atoms with E-state index in [1.54, 1.807) is 0 Å². The zero-order valence-corrected chi connectivity index (χ0v) is 7.76. The number of hydrogen-bond acceptors (Lipinski definition) is 2. The zero-order chi connectivity index (χ0) is 10.4. The first-order valence-corrected chi connectivity index (χ1v) is 4.23. The maximum Gasteiger partial charge on any atom is 0.145 e. The van der Waals surface area contributed by atoms with Crippen molar-refractivity contribution in [3.05, 3.63) is 35.4 Å². The lowest BCUT2D eigenvalue weighted by Crippen LogP contribution is -1.93. The first-order chi connectivity index (χ1) is 6.74. The molecule has 0 heterocycles. The summed E-state index contributed by atoms with van der Waals surface area (Å²) in [6.45, 7) is 1.76. The summed E-state index contributed by atoms with van der Waals surface area (Å²) in [4.78, 5) is 4.70. The van der Waals surface area contributed by atoms with E-state index in [4.69, 9.17) is 4.84 Å². The zero-order valence-electron chi connectivity index (χ0n) is 7.76. The van der Waals surface area contributed by atoms with E-state index in [2.05, 4.69) is 11.4 Å². The van der Waals surface area contributed by atoms with Gasteiger partial charge in [0.1, 0.15) is 24.5 Å². The van der Waals surface area contributed by atoms with Crippen molar-refractivity contribution in [2.24, 2.45) is 5.16 Å². The summed E-state index contributed by atoms with van der Waals surface area (Å²) in [7, 11) is 0. The summed E-state index contributed by atoms with van der Waals surface area (Å²) in [6.07, 6.45) is 3.16. The molecule has 0 aromatic heterocycles. The van der Waals surface area contributed by atoms with Gasteiger partial charge in [0, 0.05) is 5.56 Å². The van der Waals surface area contributed by atoms with Crippen molar-refractivity contribution >= 4 is 6.21 Å². The largest absolute Gasteiger partial charge is 0.391 e. The molecule has 1 aromatic carbocycles. The number of halogens is 2. The molecule has 1 radical (unpaired) electrons. The third-order valence-electron chi connectivity index (χ3n) is 1.52. The molecule has 0 aliphatic carbocycles. The molecule has 1 rings (SSSR count). The molecule has 0 spiro atoms. The highest BCUT2D eigenvalue weighted by Gasteiger charge is 2.03. The molecule has 1 aromatic rings. The second-order valence-electron chi connectivity index (χ2n) is 2.61. The van der Waals surface area contributed by atoms with E-state index in [-0.39, 0.29) is 12.2 Å². The van der Waals surface area contributed by atoms with Gasteiger partial charge in [0.2, 0.25) is 0 Å². The molecule has 0 N–H and O–H groups in total. The first kappa shape index (κ1) is 10.6. The monoisotopic (exact) mass is 198 g/mol. The fraction of sp³-hybridized carbons (Fsp3) is 0.300. The van der Waals surface area contributed by atoms with Crippen LogP contribution in [0.15, 0.2) is 23.4 Å². The van der Waals surface area contributed by atoms with E-state index in [1.165, 1.54) is 0 Å². The van der Waals surface area contributed by atoms with Crippen molar-refractivity contribution in [2.45, 2.75) is 20.0 Å². The maximum absolute atomic E-state index is 13.0. The van der Waals surface area contributed by atoms with E-state index in [9.17, 15) is 8.78 Å². The van der Waals surface area contributed by atoms with E-state index >= 15 is 0 Å². The lowest BCUT2D eigenvalue weighted by molar-refractivity contribution is 0.128. The summed E-state index contributed by atoms with van der Waals surface area (Å²) in [5.41, 5.74) is 0.145. The van der Waals surface area contributed by atoms with Gasteiger partial charge in [-0.25, -0.2) is 8.78 Å². The van der Waals surface area contributed by atoms with Crippen LogP contribution in [0, 0.1) is 11.6 Å². The van der Waals surface area contributed by atoms with Gasteiger partial charge < -0.3 is 4.84 Å². The van der Waals surface area contributed by atoms with E-state index < -0.39 is 11.6 Å². The molecule has 0 atom stereocenters. The van der Waals surface area contributed by atoms with Crippen molar-refractivity contribution in [3.63, 3.8) is 0 Å². The first-order valence-electron chi connectivity index (χ1n) is 4.23. The predicted octanol–water partition coefficient (Wildman–Crippen LogP) is 2.75. The summed E-state index contributed by atoms with van der Waals surface area (Å²) in [5, 5.41) is 3.42. The minimum absolute atomic E-state index is 0.0867. The Hall–Kier alpha value is -1.45. The Balaban J connectivity index is 2.57. The molecule has 2 nitrogen and oxygen atoms in total. The van der Waals surface area contributed by atoms with Crippen LogP contribution in [0.1, 0.15) is 18.9 Å². The Morgan fingerprint density at radius 2 is 2.21 bits per heavy atom. The highest BCUT2D eigenvalue weighted by atomic mass is 19.1. The van der Waals surface area contributed by atoms with Crippen LogP contribution in [0.2, 0.25) is 0 Å². The minimum Gasteiger partial charge on any atom is -0.391 e. The fourth-order valence-corrected chi connectivity index (χ4v) is 0.866. The van der Waals surface area contributed by atoms with Gasteiger partial charge in [0.15, 0.2) is 0 Å². The summed E-state index contributed by atoms with van der Waals surface area (Å²) in [6, 6.07) is 3.19. The van der Waals surface area contributed by atoms with Crippen LogP contribution in [0.5, 0.6) is 0 Å². The Bertz CT molecular complexity index is 326. The van der Waals surface area contributed by atoms with Crippen LogP contribution < -0.4 is 0 Å². The SMILES string of the molecule is CC/[C]=N\OCc1cc(F)ccc1F. The normalized spacial score (nSPS) is 10.8. The van der Waals surface area contributed by atoms with Crippen molar-refractivity contribution in [1.82, 2.24) is 0 Å². The van der Waals surface area contributed by atoms with Crippen LogP contribution in [0.4, 0.5) is 8.78 Å². The van der Waals surface area contributed by atoms with Crippen molar-refractivity contribution < 1.29 is 13.6 Å². The highest BCUT2D eigenvalue weighted by molar-refractivity contribution is 5.55. The van der Waals surface area contributed by atoms with Gasteiger partial charge in [-0.1, -0.05) is 12.1 Å². The molecule has 14 heavy (non-hydrogen) atoms. The average molecular weight is 198 g/mol. The van der Waals surface area contributed by atoms with Crippen molar-refractivity contribution in [1.29, 1.82) is 0 Å². The number of hydrogen-bond donors (Lipinski definition) is 0. The number of rotatable bonds is 4. The van der Waals surface area contributed by atoms with Crippen LogP contribution in [0.25, 0.3) is 0 Å². The molecule has 0 amide bonds. The van der Waals surface area contributed by atoms with E-state index in [0.717, 1.165) is 18.2 Å².